The lowest BCUT2D eigenvalue weighted by atomic mass is 9.92. The molecule has 9 atom stereocenters. The first kappa shape index (κ1) is 56.9. The van der Waals surface area contributed by atoms with Crippen LogP contribution in [0.4, 0.5) is 0 Å². The van der Waals surface area contributed by atoms with Crippen LogP contribution in [0.3, 0.4) is 0 Å². The molecule has 4 amide bonds. The zero-order chi connectivity index (χ0) is 48.0. The molecule has 0 saturated carbocycles. The third-order valence-corrected chi connectivity index (χ3v) is 11.9. The van der Waals surface area contributed by atoms with Crippen molar-refractivity contribution in [1.82, 2.24) is 21.3 Å². The molecule has 0 spiro atoms. The molecule has 2 fully saturated rings. The molecular formula is C25H44N4O27S7. The highest BCUT2D eigenvalue weighted by Gasteiger charge is 2.51. The van der Waals surface area contributed by atoms with Crippen LogP contribution in [0.25, 0.3) is 0 Å². The van der Waals surface area contributed by atoms with Gasteiger partial charge in [-0.05, 0) is 5.92 Å². The summed E-state index contributed by atoms with van der Waals surface area (Å²) in [6.45, 7) is 1.25. The van der Waals surface area contributed by atoms with E-state index in [1.165, 1.54) is 0 Å². The molecular weight excluding hydrogens is 1010 g/mol. The number of amides is 4. The Kier molecular flexibility index (Phi) is 22.7. The molecule has 2 aliphatic heterocycles. The van der Waals surface area contributed by atoms with Crippen molar-refractivity contribution in [2.75, 3.05) is 49.3 Å². The second-order valence-electron chi connectivity index (χ2n) is 12.6. The first-order valence-electron chi connectivity index (χ1n) is 17.3. The van der Waals surface area contributed by atoms with Crippen LogP contribution < -0.4 is 21.3 Å². The summed E-state index contributed by atoms with van der Waals surface area (Å²) in [6, 6.07) is 0. The van der Waals surface area contributed by atoms with Crippen molar-refractivity contribution in [2.24, 2.45) is 11.8 Å². The number of ether oxygens (including phenoxy) is 3. The minimum absolute atomic E-state index is 0.123. The Hall–Kier alpha value is -2.19. The first-order valence-corrected chi connectivity index (χ1v) is 26.4. The van der Waals surface area contributed by atoms with E-state index in [1.54, 1.807) is 6.92 Å². The molecule has 0 aromatic rings. The van der Waals surface area contributed by atoms with Crippen molar-refractivity contribution in [3.8, 4) is 0 Å². The fourth-order valence-corrected chi connectivity index (χ4v) is 9.09. The van der Waals surface area contributed by atoms with Gasteiger partial charge >= 0.3 is 52.0 Å². The molecule has 63 heavy (non-hydrogen) atoms. The average molecular weight is 1060 g/mol. The van der Waals surface area contributed by atoms with E-state index in [9.17, 15) is 70.4 Å². The molecule has 368 valence electrons. The highest BCUT2D eigenvalue weighted by atomic mass is 32.3. The predicted molar refractivity (Wildman–Crippen MR) is 207 cm³/mol. The van der Waals surface area contributed by atoms with Crippen molar-refractivity contribution < 1.29 is 119 Å². The van der Waals surface area contributed by atoms with E-state index in [2.05, 4.69) is 36.9 Å². The van der Waals surface area contributed by atoms with Crippen LogP contribution in [0.15, 0.2) is 0 Å². The van der Waals surface area contributed by atoms with Gasteiger partial charge in [-0.2, -0.15) is 42.1 Å². The van der Waals surface area contributed by atoms with Crippen LogP contribution in [0.2, 0.25) is 0 Å². The molecule has 2 heterocycles. The summed E-state index contributed by atoms with van der Waals surface area (Å²) < 4.78 is 197. The summed E-state index contributed by atoms with van der Waals surface area (Å²) in [6.07, 6.45) is -14.1. The second-order valence-corrected chi connectivity index (χ2v) is 20.0. The normalized spacial score (nSPS) is 26.0. The Morgan fingerprint density at radius 3 is 1.43 bits per heavy atom. The molecule has 5 unspecified atom stereocenters. The van der Waals surface area contributed by atoms with Crippen LogP contribution in [0.1, 0.15) is 26.7 Å². The highest BCUT2D eigenvalue weighted by Crippen LogP contribution is 2.33. The Labute approximate surface area is 369 Å². The maximum absolute atomic E-state index is 12.6. The fourth-order valence-electron chi connectivity index (χ4n) is 5.30. The molecule has 38 heteroatoms. The van der Waals surface area contributed by atoms with Gasteiger partial charge in [0, 0.05) is 23.8 Å². The summed E-state index contributed by atoms with van der Waals surface area (Å²) in [5.74, 6) is -5.84. The molecule has 2 aliphatic rings. The molecule has 9 N–H and O–H groups in total. The van der Waals surface area contributed by atoms with Crippen LogP contribution in [-0.4, -0.2) is 181 Å². The van der Waals surface area contributed by atoms with Gasteiger partial charge in [0.2, 0.25) is 23.6 Å². The number of rotatable bonds is 27. The van der Waals surface area contributed by atoms with Gasteiger partial charge in [-0.3, -0.25) is 41.9 Å². The fraction of sp³-hybridized carbons (Fsp3) is 0.840. The highest BCUT2D eigenvalue weighted by molar-refractivity contribution is 8.00. The molecule has 0 radical (unpaired) electrons. The van der Waals surface area contributed by atoms with Crippen LogP contribution in [0, 0.1) is 11.8 Å². The zero-order valence-corrected chi connectivity index (χ0v) is 38.1. The quantitative estimate of drug-likeness (QED) is 0.0277. The number of hydrogen-bond acceptors (Lipinski definition) is 24. The van der Waals surface area contributed by atoms with Gasteiger partial charge in [-0.15, -0.1) is 23.5 Å². The summed E-state index contributed by atoms with van der Waals surface area (Å²) in [4.78, 5) is 49.5. The lowest BCUT2D eigenvalue weighted by Crippen LogP contribution is -2.63. The van der Waals surface area contributed by atoms with E-state index in [0.717, 1.165) is 30.4 Å². The van der Waals surface area contributed by atoms with Crippen molar-refractivity contribution in [2.45, 2.75) is 70.0 Å². The van der Waals surface area contributed by atoms with E-state index < -0.39 is 144 Å². The lowest BCUT2D eigenvalue weighted by molar-refractivity contribution is -0.246. The minimum Gasteiger partial charge on any atom is -0.380 e. The number of carbonyl (C=O) groups is 4. The van der Waals surface area contributed by atoms with Gasteiger partial charge in [0.25, 0.3) is 0 Å². The molecule has 31 nitrogen and oxygen atoms in total. The van der Waals surface area contributed by atoms with Gasteiger partial charge in [0.05, 0.1) is 37.8 Å². The Morgan fingerprint density at radius 1 is 0.587 bits per heavy atom. The van der Waals surface area contributed by atoms with Crippen molar-refractivity contribution in [3.63, 3.8) is 0 Å². The van der Waals surface area contributed by atoms with Gasteiger partial charge in [-0.25, -0.2) is 20.9 Å². The number of hydrogen-bond donors (Lipinski definition) is 9. The standard InChI is InChI=1S/C25H44N4O27S7/c1-3-14-8-19(52-59(34,35)36)50-23(21(14)54-61(40,41)42)28-15(30)9-26-17(32)11-57-6-4-49-5-7-58-12-18(33)27-10-16(31)29-24-22(55-62(43,44)45)20(53-60(37,38)39)13(2)25(51-24)56-63(46,47)48/h13-14,19-25H,3-12H2,1-2H3,(H,26,32)(H,27,33)(H,28,30)(H,29,31)(H,34,35,36)(H,37,38,39)(H,40,41,42)(H,43,44,45)(H,46,47,48)/t13?,14?,19?,20-,21+,22?,23-,24+,25?/m0/s1. The van der Waals surface area contributed by atoms with Crippen molar-refractivity contribution in [3.05, 3.63) is 0 Å². The van der Waals surface area contributed by atoms with Crippen molar-refractivity contribution >= 4 is 99.1 Å². The number of carbonyl (C=O) groups excluding carboxylic acids is 4. The largest absolute Gasteiger partial charge is 0.399 e. The van der Waals surface area contributed by atoms with Crippen LogP contribution in [-0.2, 0) is 106 Å². The number of nitrogens with one attached hydrogen (secondary N) is 4. The summed E-state index contributed by atoms with van der Waals surface area (Å²) in [5.41, 5.74) is 0. The molecule has 0 aromatic carbocycles. The monoisotopic (exact) mass is 1060 g/mol. The average Bonchev–Trinajstić information content (AvgIpc) is 3.10. The Bertz CT molecular complexity index is 2130. The molecule has 0 bridgehead atoms. The SMILES string of the molecule is CCC1CC(OS(=O)(=O)O)O[C@H](NC(=O)CNC(=O)CSCCOCCSCC(=O)NCC(=O)N[C@@H]2OC(OS(=O)(=O)O)C(C)[C@H](OS(=O)(=O)O)C2OS(=O)(=O)O)[C@@H]1OS(=O)(=O)O. The van der Waals surface area contributed by atoms with E-state index in [0.29, 0.717) is 5.75 Å². The van der Waals surface area contributed by atoms with Crippen LogP contribution >= 0.6 is 23.5 Å². The van der Waals surface area contributed by atoms with Crippen molar-refractivity contribution in [1.29, 1.82) is 0 Å². The topological polar surface area (TPSA) is 462 Å². The van der Waals surface area contributed by atoms with Gasteiger partial charge in [0.15, 0.2) is 31.1 Å². The van der Waals surface area contributed by atoms with Gasteiger partial charge in [0.1, 0.15) is 12.2 Å². The molecule has 2 saturated heterocycles. The Morgan fingerprint density at radius 2 is 1.00 bits per heavy atom. The lowest BCUT2D eigenvalue weighted by Gasteiger charge is -2.42. The predicted octanol–water partition coefficient (Wildman–Crippen LogP) is -4.45. The second kappa shape index (κ2) is 25.1. The third-order valence-electron chi connectivity index (χ3n) is 7.78. The first-order chi connectivity index (χ1) is 28.8. The van der Waals surface area contributed by atoms with E-state index in [-0.39, 0.29) is 43.3 Å². The van der Waals surface area contributed by atoms with E-state index >= 15 is 0 Å². The van der Waals surface area contributed by atoms with Gasteiger partial charge in [-0.1, -0.05) is 20.3 Å². The van der Waals surface area contributed by atoms with Crippen LogP contribution in [0.5, 0.6) is 0 Å². The third kappa shape index (κ3) is 24.2. The summed E-state index contributed by atoms with van der Waals surface area (Å²) in [7, 11) is -26.4. The zero-order valence-electron chi connectivity index (χ0n) is 32.3. The van der Waals surface area contributed by atoms with E-state index in [1.807, 2.05) is 5.32 Å². The number of thioether (sulfide) groups is 2. The maximum atomic E-state index is 12.6. The Balaban J connectivity index is 1.73. The molecule has 2 rings (SSSR count). The summed E-state index contributed by atoms with van der Waals surface area (Å²) >= 11 is 2.15. The molecule has 0 aliphatic carbocycles. The molecule has 0 aromatic heterocycles. The van der Waals surface area contributed by atoms with Gasteiger partial charge < -0.3 is 35.5 Å². The summed E-state index contributed by atoms with van der Waals surface area (Å²) in [5, 5.41) is 8.59. The smallest absolute Gasteiger partial charge is 0.380 e. The van der Waals surface area contributed by atoms with E-state index in [4.69, 9.17) is 27.9 Å². The minimum atomic E-state index is -5.48. The maximum Gasteiger partial charge on any atom is 0.399 e.